The van der Waals surface area contributed by atoms with Crippen LogP contribution in [0, 0.1) is 5.92 Å². The summed E-state index contributed by atoms with van der Waals surface area (Å²) < 4.78 is 5.55. The fourth-order valence-electron chi connectivity index (χ4n) is 1.65. The summed E-state index contributed by atoms with van der Waals surface area (Å²) in [5, 5.41) is 3.21. The van der Waals surface area contributed by atoms with E-state index < -0.39 is 0 Å². The van der Waals surface area contributed by atoms with Crippen molar-refractivity contribution in [3.05, 3.63) is 41.7 Å². The van der Waals surface area contributed by atoms with Crippen LogP contribution in [-0.2, 0) is 9.53 Å². The Kier molecular flexibility index (Phi) is 3.31. The minimum atomic E-state index is -0.302. The van der Waals surface area contributed by atoms with Crippen LogP contribution in [0.5, 0.6) is 0 Å². The zero-order valence-electron chi connectivity index (χ0n) is 9.94. The predicted octanol–water partition coefficient (Wildman–Crippen LogP) is 2.84. The summed E-state index contributed by atoms with van der Waals surface area (Å²) in [6.07, 6.45) is 3.57. The van der Waals surface area contributed by atoms with Crippen molar-refractivity contribution >= 4 is 17.7 Å². The van der Waals surface area contributed by atoms with Crippen molar-refractivity contribution in [3.63, 3.8) is 0 Å². The maximum Gasteiger partial charge on any atom is 0.190 e. The molecule has 0 bridgehead atoms. The number of rotatable bonds is 3. The van der Waals surface area contributed by atoms with Crippen molar-refractivity contribution in [2.45, 2.75) is 20.1 Å². The lowest BCUT2D eigenvalue weighted by atomic mass is 10.1. The largest absolute Gasteiger partial charge is 0.460 e. The molecule has 1 aliphatic heterocycles. The van der Waals surface area contributed by atoms with Gasteiger partial charge in [0.05, 0.1) is 0 Å². The topological polar surface area (TPSA) is 38.3 Å². The Bertz CT molecular complexity index is 485. The van der Waals surface area contributed by atoms with Crippen LogP contribution in [0.1, 0.15) is 19.4 Å². The lowest BCUT2D eigenvalue weighted by Crippen LogP contribution is -2.24. The van der Waals surface area contributed by atoms with E-state index in [1.54, 1.807) is 0 Å². The minimum Gasteiger partial charge on any atom is -0.460 e. The third-order valence-electron chi connectivity index (χ3n) is 2.59. The van der Waals surface area contributed by atoms with Crippen molar-refractivity contribution < 1.29 is 9.53 Å². The van der Waals surface area contributed by atoms with Crippen LogP contribution in [0.4, 0.5) is 5.69 Å². The van der Waals surface area contributed by atoms with Crippen LogP contribution in [0.3, 0.4) is 0 Å². The Balaban J connectivity index is 2.11. The third-order valence-corrected chi connectivity index (χ3v) is 2.59. The third kappa shape index (κ3) is 2.58. The molecule has 1 heterocycles. The number of hydrogen-bond acceptors (Lipinski definition) is 3. The molecule has 2 rings (SSSR count). The van der Waals surface area contributed by atoms with E-state index in [1.807, 2.05) is 56.2 Å². The number of anilines is 1. The monoisotopic (exact) mass is 229 g/mol. The van der Waals surface area contributed by atoms with E-state index in [9.17, 15) is 4.79 Å². The highest BCUT2D eigenvalue weighted by Gasteiger charge is 2.16. The molecule has 3 nitrogen and oxygen atoms in total. The zero-order valence-corrected chi connectivity index (χ0v) is 9.94. The quantitative estimate of drug-likeness (QED) is 0.639. The molecule has 0 aromatic heterocycles. The molecule has 0 spiro atoms. The van der Waals surface area contributed by atoms with Gasteiger partial charge in [-0.3, -0.25) is 0 Å². The van der Waals surface area contributed by atoms with Gasteiger partial charge in [-0.2, -0.15) is 0 Å². The first-order valence-corrected chi connectivity index (χ1v) is 5.66. The van der Waals surface area contributed by atoms with Crippen LogP contribution in [0.25, 0.3) is 6.08 Å². The number of nitrogens with one attached hydrogen (secondary N) is 1. The molecule has 0 radical (unpaired) electrons. The summed E-state index contributed by atoms with van der Waals surface area (Å²) in [4.78, 5) is 10.7. The Morgan fingerprint density at radius 3 is 2.88 bits per heavy atom. The summed E-state index contributed by atoms with van der Waals surface area (Å²) >= 11 is 0. The number of fused-ring (bicyclic) bond motifs is 1. The highest BCUT2D eigenvalue weighted by Crippen LogP contribution is 2.24. The molecular formula is C14H15NO2. The van der Waals surface area contributed by atoms with Gasteiger partial charge in [0.2, 0.25) is 0 Å². The normalized spacial score (nSPS) is 17.0. The first kappa shape index (κ1) is 11.5. The number of allylic oxidation sites excluding steroid dienone is 1. The molecular weight excluding hydrogens is 214 g/mol. The zero-order chi connectivity index (χ0) is 12.3. The van der Waals surface area contributed by atoms with Gasteiger partial charge in [0, 0.05) is 11.6 Å². The molecule has 3 heteroatoms. The van der Waals surface area contributed by atoms with Gasteiger partial charge in [-0.15, -0.1) is 0 Å². The summed E-state index contributed by atoms with van der Waals surface area (Å²) in [5.74, 6) is 2.22. The molecule has 1 aliphatic rings. The van der Waals surface area contributed by atoms with Gasteiger partial charge >= 0.3 is 0 Å². The van der Waals surface area contributed by atoms with Gasteiger partial charge in [0.15, 0.2) is 17.9 Å². The lowest BCUT2D eigenvalue weighted by molar-refractivity contribution is 0.156. The van der Waals surface area contributed by atoms with Gasteiger partial charge in [-0.1, -0.05) is 38.1 Å². The molecule has 1 unspecified atom stereocenters. The Morgan fingerprint density at radius 2 is 2.18 bits per heavy atom. The standard InChI is InChI=1S/C14H15NO2/c1-10(2)13(9-16)17-14-8-7-11-5-3-4-6-12(11)15-14/h3-8,10,14-15H,1-2H3. The fourth-order valence-corrected chi connectivity index (χ4v) is 1.65. The molecule has 17 heavy (non-hydrogen) atoms. The highest BCUT2D eigenvalue weighted by molar-refractivity contribution is 5.70. The van der Waals surface area contributed by atoms with E-state index >= 15 is 0 Å². The van der Waals surface area contributed by atoms with Crippen LogP contribution >= 0.6 is 0 Å². The van der Waals surface area contributed by atoms with Crippen molar-refractivity contribution in [2.75, 3.05) is 5.32 Å². The van der Waals surface area contributed by atoms with Gasteiger partial charge < -0.3 is 10.1 Å². The summed E-state index contributed by atoms with van der Waals surface area (Å²) in [7, 11) is 0. The van der Waals surface area contributed by atoms with Crippen LogP contribution in [0.2, 0.25) is 0 Å². The molecule has 1 atom stereocenters. The molecule has 1 aromatic rings. The first-order chi connectivity index (χ1) is 8.20. The van der Waals surface area contributed by atoms with Crippen molar-refractivity contribution in [3.8, 4) is 0 Å². The molecule has 0 amide bonds. The number of ether oxygens (including phenoxy) is 1. The Morgan fingerprint density at radius 1 is 1.41 bits per heavy atom. The molecule has 88 valence electrons. The van der Waals surface area contributed by atoms with E-state index in [0.717, 1.165) is 11.3 Å². The Labute approximate surface area is 101 Å². The maximum atomic E-state index is 10.7. The lowest BCUT2D eigenvalue weighted by Gasteiger charge is -2.24. The van der Waals surface area contributed by atoms with Crippen LogP contribution in [-0.4, -0.2) is 12.2 Å². The molecule has 0 saturated carbocycles. The van der Waals surface area contributed by atoms with E-state index in [2.05, 4.69) is 5.32 Å². The molecule has 0 fully saturated rings. The average Bonchev–Trinajstić information content (AvgIpc) is 2.35. The second kappa shape index (κ2) is 4.89. The molecule has 0 saturated heterocycles. The minimum absolute atomic E-state index is 0.0415. The maximum absolute atomic E-state index is 10.7. The second-order valence-electron chi connectivity index (χ2n) is 4.25. The smallest absolute Gasteiger partial charge is 0.190 e. The number of hydrogen-bond donors (Lipinski definition) is 1. The average molecular weight is 229 g/mol. The van der Waals surface area contributed by atoms with Crippen molar-refractivity contribution in [1.82, 2.24) is 0 Å². The van der Waals surface area contributed by atoms with Gasteiger partial charge in [-0.25, -0.2) is 4.79 Å². The summed E-state index contributed by atoms with van der Waals surface area (Å²) in [5.41, 5.74) is 2.13. The van der Waals surface area contributed by atoms with Crippen LogP contribution < -0.4 is 5.32 Å². The second-order valence-corrected chi connectivity index (χ2v) is 4.25. The molecule has 0 aliphatic carbocycles. The first-order valence-electron chi connectivity index (χ1n) is 5.66. The molecule has 1 aromatic carbocycles. The highest BCUT2D eigenvalue weighted by atomic mass is 16.5. The van der Waals surface area contributed by atoms with Gasteiger partial charge in [0.1, 0.15) is 0 Å². The van der Waals surface area contributed by atoms with E-state index in [0.29, 0.717) is 5.76 Å². The van der Waals surface area contributed by atoms with Crippen LogP contribution in [0.15, 0.2) is 36.1 Å². The van der Waals surface area contributed by atoms with E-state index in [1.165, 1.54) is 0 Å². The number of benzene rings is 1. The van der Waals surface area contributed by atoms with Gasteiger partial charge in [-0.05, 0) is 17.7 Å². The molecule has 1 N–H and O–H groups in total. The SMILES string of the molecule is CC(C)C(=C=O)OC1C=Cc2ccccc2N1. The van der Waals surface area contributed by atoms with E-state index in [4.69, 9.17) is 4.74 Å². The predicted molar refractivity (Wildman–Crippen MR) is 68.0 cm³/mol. The number of para-hydroxylation sites is 1. The van der Waals surface area contributed by atoms with Crippen molar-refractivity contribution in [2.24, 2.45) is 5.92 Å². The number of carbonyl (C=O) groups excluding carboxylic acids is 1. The summed E-state index contributed by atoms with van der Waals surface area (Å²) in [6.45, 7) is 3.81. The van der Waals surface area contributed by atoms with E-state index in [-0.39, 0.29) is 12.1 Å². The Hall–Kier alpha value is -1.99. The summed E-state index contributed by atoms with van der Waals surface area (Å²) in [6, 6.07) is 7.95. The van der Waals surface area contributed by atoms with Gasteiger partial charge in [0.25, 0.3) is 0 Å². The fraction of sp³-hybridized carbons (Fsp3) is 0.286. The van der Waals surface area contributed by atoms with Crippen molar-refractivity contribution in [1.29, 1.82) is 0 Å².